The number of nitrogens with zero attached hydrogens (tertiary/aromatic N) is 1. The van der Waals surface area contributed by atoms with Gasteiger partial charge in [-0.05, 0) is 55.0 Å². The molecule has 1 aliphatic heterocycles. The highest BCUT2D eigenvalue weighted by molar-refractivity contribution is 9.10. The van der Waals surface area contributed by atoms with Crippen LogP contribution in [0.2, 0.25) is 0 Å². The summed E-state index contributed by atoms with van der Waals surface area (Å²) in [5.74, 6) is 0. The number of fused-ring (bicyclic) bond motifs is 1. The van der Waals surface area contributed by atoms with Crippen molar-refractivity contribution in [1.82, 2.24) is 4.90 Å². The third kappa shape index (κ3) is 2.95. The number of halogens is 1. The third-order valence-electron chi connectivity index (χ3n) is 4.37. The highest BCUT2D eigenvalue weighted by Gasteiger charge is 2.32. The van der Waals surface area contributed by atoms with E-state index in [1.165, 1.54) is 16.0 Å². The number of hydrogen-bond donors (Lipinski definition) is 1. The maximum absolute atomic E-state index is 6.35. The van der Waals surface area contributed by atoms with Gasteiger partial charge in [-0.1, -0.05) is 28.1 Å². The number of rotatable bonds is 3. The predicted molar refractivity (Wildman–Crippen MR) is 93.7 cm³/mol. The van der Waals surface area contributed by atoms with Gasteiger partial charge in [-0.25, -0.2) is 0 Å². The number of nitrogens with two attached hydrogens (primary N) is 1. The summed E-state index contributed by atoms with van der Waals surface area (Å²) in [4.78, 5) is 4.10. The summed E-state index contributed by atoms with van der Waals surface area (Å²) in [6, 6.07) is 11.6. The van der Waals surface area contributed by atoms with Crippen molar-refractivity contribution in [1.29, 1.82) is 0 Å². The first-order valence-electron chi connectivity index (χ1n) is 7.41. The predicted octanol–water partition coefficient (Wildman–Crippen LogP) is 4.52. The molecule has 1 aliphatic rings. The Morgan fingerprint density at radius 3 is 2.90 bits per heavy atom. The molecule has 0 spiro atoms. The maximum atomic E-state index is 6.35. The van der Waals surface area contributed by atoms with E-state index in [-0.39, 0.29) is 12.1 Å². The van der Waals surface area contributed by atoms with E-state index in [2.05, 4.69) is 70.4 Å². The summed E-state index contributed by atoms with van der Waals surface area (Å²) in [6.45, 7) is 5.49. The second-order valence-electron chi connectivity index (χ2n) is 5.82. The molecule has 0 saturated heterocycles. The molecule has 0 aliphatic carbocycles. The first-order valence-corrected chi connectivity index (χ1v) is 9.08. The maximum Gasteiger partial charge on any atom is 0.0503 e. The number of thiophene rings is 1. The van der Waals surface area contributed by atoms with E-state index >= 15 is 0 Å². The van der Waals surface area contributed by atoms with Crippen molar-refractivity contribution in [2.75, 3.05) is 6.54 Å². The minimum atomic E-state index is 0.0990. The van der Waals surface area contributed by atoms with Crippen LogP contribution in [0.4, 0.5) is 0 Å². The molecule has 2 N–H and O–H groups in total. The zero-order chi connectivity index (χ0) is 15.0. The van der Waals surface area contributed by atoms with Gasteiger partial charge in [0.15, 0.2) is 0 Å². The van der Waals surface area contributed by atoms with Gasteiger partial charge in [-0.2, -0.15) is 0 Å². The van der Waals surface area contributed by atoms with Crippen molar-refractivity contribution < 1.29 is 0 Å². The number of hydrogen-bond acceptors (Lipinski definition) is 3. The quantitative estimate of drug-likeness (QED) is 0.867. The molecule has 3 atom stereocenters. The Morgan fingerprint density at radius 1 is 1.38 bits per heavy atom. The SMILES string of the molecule is CC(N)C(c1cccc(Br)c1)N1CCc2sccc2C1C. The average molecular weight is 365 g/mol. The second kappa shape index (κ2) is 6.21. The first kappa shape index (κ1) is 15.2. The largest absolute Gasteiger partial charge is 0.326 e. The standard InChI is InChI=1S/C17H21BrN2S/c1-11(19)17(13-4-3-5-14(18)10-13)20-8-6-16-15(12(20)2)7-9-21-16/h3-5,7,9-12,17H,6,8,19H2,1-2H3. The second-order valence-corrected chi connectivity index (χ2v) is 7.74. The Kier molecular flexibility index (Phi) is 4.50. The summed E-state index contributed by atoms with van der Waals surface area (Å²) in [5.41, 5.74) is 9.13. The van der Waals surface area contributed by atoms with Crippen LogP contribution in [-0.2, 0) is 6.42 Å². The van der Waals surface area contributed by atoms with Crippen LogP contribution in [0.5, 0.6) is 0 Å². The van der Waals surface area contributed by atoms with Crippen LogP contribution in [0.25, 0.3) is 0 Å². The Hall–Kier alpha value is -0.680. The van der Waals surface area contributed by atoms with Crippen molar-refractivity contribution in [3.05, 3.63) is 56.2 Å². The van der Waals surface area contributed by atoms with Crippen molar-refractivity contribution >= 4 is 27.3 Å². The Bertz CT molecular complexity index is 623. The fourth-order valence-corrected chi connectivity index (χ4v) is 4.78. The smallest absolute Gasteiger partial charge is 0.0503 e. The minimum Gasteiger partial charge on any atom is -0.326 e. The lowest BCUT2D eigenvalue weighted by Crippen LogP contribution is -2.43. The van der Waals surface area contributed by atoms with Gasteiger partial charge in [0.05, 0.1) is 6.04 Å². The summed E-state index contributed by atoms with van der Waals surface area (Å²) in [6.07, 6.45) is 1.13. The van der Waals surface area contributed by atoms with Crippen molar-refractivity contribution in [2.45, 2.75) is 38.4 Å². The molecule has 4 heteroatoms. The highest BCUT2D eigenvalue weighted by Crippen LogP contribution is 2.39. The van der Waals surface area contributed by atoms with Crippen LogP contribution in [0, 0.1) is 0 Å². The molecule has 0 radical (unpaired) electrons. The van der Waals surface area contributed by atoms with E-state index in [4.69, 9.17) is 5.73 Å². The van der Waals surface area contributed by atoms with Crippen LogP contribution in [0.15, 0.2) is 40.2 Å². The monoisotopic (exact) mass is 364 g/mol. The topological polar surface area (TPSA) is 29.3 Å². The van der Waals surface area contributed by atoms with E-state index < -0.39 is 0 Å². The lowest BCUT2D eigenvalue weighted by Gasteiger charge is -2.41. The van der Waals surface area contributed by atoms with E-state index in [1.54, 1.807) is 0 Å². The molecule has 0 fully saturated rings. The molecular weight excluding hydrogens is 344 g/mol. The van der Waals surface area contributed by atoms with Gasteiger partial charge in [0.1, 0.15) is 0 Å². The van der Waals surface area contributed by atoms with Crippen LogP contribution in [0.1, 0.15) is 41.9 Å². The Labute approximate surface area is 139 Å². The summed E-state index contributed by atoms with van der Waals surface area (Å²) >= 11 is 5.46. The van der Waals surface area contributed by atoms with E-state index in [0.717, 1.165) is 17.4 Å². The minimum absolute atomic E-state index is 0.0990. The van der Waals surface area contributed by atoms with Gasteiger partial charge in [0.2, 0.25) is 0 Å². The fourth-order valence-electron chi connectivity index (χ4n) is 3.40. The first-order chi connectivity index (χ1) is 10.1. The summed E-state index contributed by atoms with van der Waals surface area (Å²) < 4.78 is 1.12. The normalized spacial score (nSPS) is 21.8. The highest BCUT2D eigenvalue weighted by atomic mass is 79.9. The van der Waals surface area contributed by atoms with E-state index in [0.29, 0.717) is 6.04 Å². The molecule has 21 heavy (non-hydrogen) atoms. The van der Waals surface area contributed by atoms with E-state index in [9.17, 15) is 0 Å². The molecule has 2 heterocycles. The van der Waals surface area contributed by atoms with Crippen LogP contribution < -0.4 is 5.73 Å². The van der Waals surface area contributed by atoms with Gasteiger partial charge < -0.3 is 5.73 Å². The summed E-state index contributed by atoms with van der Waals surface area (Å²) in [5, 5.41) is 2.21. The fraction of sp³-hybridized carbons (Fsp3) is 0.412. The number of benzene rings is 1. The molecule has 3 rings (SSSR count). The third-order valence-corrected chi connectivity index (χ3v) is 5.86. The molecule has 3 unspecified atom stereocenters. The lowest BCUT2D eigenvalue weighted by atomic mass is 9.93. The Morgan fingerprint density at radius 2 is 2.19 bits per heavy atom. The van der Waals surface area contributed by atoms with Crippen LogP contribution >= 0.6 is 27.3 Å². The van der Waals surface area contributed by atoms with Crippen LogP contribution in [0.3, 0.4) is 0 Å². The van der Waals surface area contributed by atoms with Gasteiger partial charge >= 0.3 is 0 Å². The summed E-state index contributed by atoms with van der Waals surface area (Å²) in [7, 11) is 0. The lowest BCUT2D eigenvalue weighted by molar-refractivity contribution is 0.119. The Balaban J connectivity index is 1.96. The van der Waals surface area contributed by atoms with Gasteiger partial charge in [0, 0.05) is 28.0 Å². The van der Waals surface area contributed by atoms with E-state index in [1.807, 2.05) is 11.3 Å². The van der Waals surface area contributed by atoms with Crippen LogP contribution in [-0.4, -0.2) is 17.5 Å². The molecule has 0 saturated carbocycles. The molecule has 1 aromatic heterocycles. The zero-order valence-corrected chi connectivity index (χ0v) is 14.8. The van der Waals surface area contributed by atoms with Gasteiger partial charge in [-0.3, -0.25) is 4.90 Å². The molecule has 112 valence electrons. The molecule has 2 nitrogen and oxygen atoms in total. The average Bonchev–Trinajstić information content (AvgIpc) is 2.91. The van der Waals surface area contributed by atoms with Gasteiger partial charge in [-0.15, -0.1) is 11.3 Å². The van der Waals surface area contributed by atoms with Crippen molar-refractivity contribution in [3.63, 3.8) is 0 Å². The van der Waals surface area contributed by atoms with Crippen molar-refractivity contribution in [2.24, 2.45) is 5.73 Å². The van der Waals surface area contributed by atoms with Crippen molar-refractivity contribution in [3.8, 4) is 0 Å². The van der Waals surface area contributed by atoms with Gasteiger partial charge in [0.25, 0.3) is 0 Å². The molecular formula is C17H21BrN2S. The zero-order valence-electron chi connectivity index (χ0n) is 12.4. The molecule has 1 aromatic carbocycles. The molecule has 0 amide bonds. The molecule has 0 bridgehead atoms. The molecule has 2 aromatic rings.